The molecule has 0 bridgehead atoms. The monoisotopic (exact) mass is 292 g/mol. The first kappa shape index (κ1) is 18.0. The molecule has 0 aliphatic rings. The molecule has 0 spiro atoms. The number of ether oxygens (including phenoxy) is 1. The lowest BCUT2D eigenvalue weighted by atomic mass is 9.96. The zero-order valence-corrected chi connectivity index (χ0v) is 14.7. The van der Waals surface area contributed by atoms with Crippen LogP contribution in [0.2, 0.25) is 0 Å². The lowest BCUT2D eigenvalue weighted by molar-refractivity contribution is 0.146. The van der Waals surface area contributed by atoms with Crippen LogP contribution in [0, 0.1) is 5.92 Å². The molecule has 0 radical (unpaired) electrons. The maximum Gasteiger partial charge on any atom is 0.118 e. The quantitative estimate of drug-likeness (QED) is 0.790. The van der Waals surface area contributed by atoms with Crippen LogP contribution >= 0.6 is 0 Å². The van der Waals surface area contributed by atoms with Gasteiger partial charge in [0.05, 0.1) is 7.11 Å². The summed E-state index contributed by atoms with van der Waals surface area (Å²) in [5.41, 5.74) is 1.30. The fraction of sp³-hybridized carbons (Fsp3) is 0.667. The Kier molecular flexibility index (Phi) is 7.20. The number of nitrogens with zero attached hydrogens (tertiary/aromatic N) is 1. The molecule has 0 fully saturated rings. The van der Waals surface area contributed by atoms with Gasteiger partial charge >= 0.3 is 0 Å². The Hall–Kier alpha value is -1.06. The van der Waals surface area contributed by atoms with Crippen LogP contribution in [0.4, 0.5) is 0 Å². The van der Waals surface area contributed by atoms with Crippen molar-refractivity contribution in [2.45, 2.75) is 52.2 Å². The van der Waals surface area contributed by atoms with Gasteiger partial charge in [-0.25, -0.2) is 0 Å². The van der Waals surface area contributed by atoms with Gasteiger partial charge in [-0.1, -0.05) is 26.0 Å². The minimum Gasteiger partial charge on any atom is -0.497 e. The number of methoxy groups -OCH3 is 1. The summed E-state index contributed by atoms with van der Waals surface area (Å²) in [6.07, 6.45) is 1.22. The summed E-state index contributed by atoms with van der Waals surface area (Å²) < 4.78 is 5.24. The normalized spacial score (nSPS) is 16.0. The molecule has 1 rings (SSSR count). The van der Waals surface area contributed by atoms with E-state index in [0.29, 0.717) is 18.1 Å². The van der Waals surface area contributed by atoms with Gasteiger partial charge < -0.3 is 10.1 Å². The summed E-state index contributed by atoms with van der Waals surface area (Å²) in [5, 5.41) is 3.46. The van der Waals surface area contributed by atoms with E-state index in [1.165, 1.54) is 12.0 Å². The van der Waals surface area contributed by atoms with Crippen LogP contribution in [0.15, 0.2) is 24.3 Å². The molecule has 120 valence electrons. The third-order valence-electron chi connectivity index (χ3n) is 4.42. The van der Waals surface area contributed by atoms with E-state index in [4.69, 9.17) is 4.74 Å². The Labute approximate surface area is 130 Å². The van der Waals surface area contributed by atoms with E-state index in [2.05, 4.69) is 57.1 Å². The summed E-state index contributed by atoms with van der Waals surface area (Å²) in [7, 11) is 5.96. The van der Waals surface area contributed by atoms with Crippen molar-refractivity contribution in [3.8, 4) is 5.75 Å². The molecular weight excluding hydrogens is 260 g/mol. The van der Waals surface area contributed by atoms with Crippen molar-refractivity contribution in [1.29, 1.82) is 0 Å². The average molecular weight is 292 g/mol. The van der Waals surface area contributed by atoms with Gasteiger partial charge in [0.1, 0.15) is 5.75 Å². The summed E-state index contributed by atoms with van der Waals surface area (Å²) in [4.78, 5) is 2.48. The number of benzene rings is 1. The third-order valence-corrected chi connectivity index (χ3v) is 4.42. The van der Waals surface area contributed by atoms with Gasteiger partial charge in [-0.2, -0.15) is 0 Å². The SMILES string of the molecule is CNC(c1ccc(OC)cc1)C(C)N(C)C(C)CC(C)C. The Balaban J connectivity index is 2.81. The van der Waals surface area contributed by atoms with Crippen molar-refractivity contribution in [3.05, 3.63) is 29.8 Å². The number of hydrogen-bond acceptors (Lipinski definition) is 3. The Morgan fingerprint density at radius 3 is 2.10 bits per heavy atom. The zero-order valence-electron chi connectivity index (χ0n) is 14.7. The van der Waals surface area contributed by atoms with Gasteiger partial charge in [-0.3, -0.25) is 4.90 Å². The molecule has 0 aliphatic carbocycles. The standard InChI is InChI=1S/C18H32N2O/c1-13(2)12-14(3)20(6)15(4)18(19-5)16-8-10-17(21-7)11-9-16/h8-11,13-15,18-19H,12H2,1-7H3. The van der Waals surface area contributed by atoms with Crippen LogP contribution in [-0.2, 0) is 0 Å². The second kappa shape index (κ2) is 8.40. The fourth-order valence-corrected chi connectivity index (χ4v) is 2.98. The van der Waals surface area contributed by atoms with E-state index in [1.807, 2.05) is 19.2 Å². The fourth-order valence-electron chi connectivity index (χ4n) is 2.98. The molecule has 0 aromatic heterocycles. The Morgan fingerprint density at radius 2 is 1.67 bits per heavy atom. The Morgan fingerprint density at radius 1 is 1.10 bits per heavy atom. The summed E-state index contributed by atoms with van der Waals surface area (Å²) >= 11 is 0. The molecule has 21 heavy (non-hydrogen) atoms. The predicted octanol–water partition coefficient (Wildman–Crippen LogP) is 3.71. The maximum atomic E-state index is 5.24. The number of rotatable bonds is 8. The molecule has 3 atom stereocenters. The zero-order chi connectivity index (χ0) is 16.0. The second-order valence-corrected chi connectivity index (χ2v) is 6.42. The number of likely N-dealkylation sites (N-methyl/N-ethyl adjacent to an activating group) is 2. The van der Waals surface area contributed by atoms with Crippen molar-refractivity contribution in [3.63, 3.8) is 0 Å². The van der Waals surface area contributed by atoms with Crippen LogP contribution in [0.5, 0.6) is 5.75 Å². The molecule has 3 heteroatoms. The van der Waals surface area contributed by atoms with E-state index < -0.39 is 0 Å². The van der Waals surface area contributed by atoms with Gasteiger partial charge in [0.15, 0.2) is 0 Å². The number of hydrogen-bond donors (Lipinski definition) is 1. The predicted molar refractivity (Wildman–Crippen MR) is 90.9 cm³/mol. The van der Waals surface area contributed by atoms with E-state index in [1.54, 1.807) is 7.11 Å². The minimum atomic E-state index is 0.315. The van der Waals surface area contributed by atoms with E-state index in [-0.39, 0.29) is 0 Å². The van der Waals surface area contributed by atoms with Gasteiger partial charge in [0.25, 0.3) is 0 Å². The topological polar surface area (TPSA) is 24.5 Å². The largest absolute Gasteiger partial charge is 0.497 e. The van der Waals surface area contributed by atoms with Gasteiger partial charge in [-0.05, 0) is 58.0 Å². The molecule has 1 aromatic rings. The lowest BCUT2D eigenvalue weighted by Gasteiger charge is -2.37. The van der Waals surface area contributed by atoms with Crippen LogP contribution in [0.25, 0.3) is 0 Å². The molecule has 0 heterocycles. The molecule has 0 aliphatic heterocycles. The number of nitrogens with one attached hydrogen (secondary N) is 1. The average Bonchev–Trinajstić information content (AvgIpc) is 2.47. The highest BCUT2D eigenvalue weighted by molar-refractivity contribution is 5.29. The molecule has 1 N–H and O–H groups in total. The summed E-state index contributed by atoms with van der Waals surface area (Å²) in [6.45, 7) is 9.18. The van der Waals surface area contributed by atoms with Crippen molar-refractivity contribution >= 4 is 0 Å². The van der Waals surface area contributed by atoms with Crippen LogP contribution in [0.3, 0.4) is 0 Å². The maximum absolute atomic E-state index is 5.24. The molecule has 3 unspecified atom stereocenters. The van der Waals surface area contributed by atoms with Crippen molar-refractivity contribution in [2.75, 3.05) is 21.2 Å². The van der Waals surface area contributed by atoms with E-state index in [9.17, 15) is 0 Å². The first-order chi connectivity index (χ1) is 9.90. The van der Waals surface area contributed by atoms with Crippen LogP contribution < -0.4 is 10.1 Å². The molecular formula is C18H32N2O. The Bertz CT molecular complexity index is 402. The highest BCUT2D eigenvalue weighted by Gasteiger charge is 2.24. The summed E-state index contributed by atoms with van der Waals surface area (Å²) in [5.74, 6) is 1.63. The van der Waals surface area contributed by atoms with Crippen molar-refractivity contribution in [1.82, 2.24) is 10.2 Å². The second-order valence-electron chi connectivity index (χ2n) is 6.42. The van der Waals surface area contributed by atoms with E-state index in [0.717, 1.165) is 11.7 Å². The van der Waals surface area contributed by atoms with Gasteiger partial charge in [0, 0.05) is 18.1 Å². The lowest BCUT2D eigenvalue weighted by Crippen LogP contribution is -2.44. The highest BCUT2D eigenvalue weighted by atomic mass is 16.5. The van der Waals surface area contributed by atoms with Crippen molar-refractivity contribution in [2.24, 2.45) is 5.92 Å². The molecule has 0 saturated heterocycles. The van der Waals surface area contributed by atoms with Gasteiger partial charge in [0.2, 0.25) is 0 Å². The first-order valence-electron chi connectivity index (χ1n) is 7.93. The minimum absolute atomic E-state index is 0.315. The smallest absolute Gasteiger partial charge is 0.118 e. The van der Waals surface area contributed by atoms with Crippen LogP contribution in [0.1, 0.15) is 45.7 Å². The molecule has 3 nitrogen and oxygen atoms in total. The molecule has 0 amide bonds. The third kappa shape index (κ3) is 5.01. The van der Waals surface area contributed by atoms with Crippen molar-refractivity contribution < 1.29 is 4.74 Å². The molecule has 1 aromatic carbocycles. The van der Waals surface area contributed by atoms with Gasteiger partial charge in [-0.15, -0.1) is 0 Å². The highest BCUT2D eigenvalue weighted by Crippen LogP contribution is 2.24. The van der Waals surface area contributed by atoms with E-state index >= 15 is 0 Å². The molecule has 0 saturated carbocycles. The first-order valence-corrected chi connectivity index (χ1v) is 7.93. The van der Waals surface area contributed by atoms with Crippen LogP contribution in [-0.4, -0.2) is 38.2 Å². The summed E-state index contributed by atoms with van der Waals surface area (Å²) in [6, 6.07) is 9.68.